The first-order valence-corrected chi connectivity index (χ1v) is 10.6. The summed E-state index contributed by atoms with van der Waals surface area (Å²) in [6.45, 7) is 5.05. The second-order valence-corrected chi connectivity index (χ2v) is 8.05. The van der Waals surface area contributed by atoms with Crippen molar-refractivity contribution in [2.24, 2.45) is 0 Å². The molecule has 0 atom stereocenters. The molecule has 4 heterocycles. The molecule has 1 aromatic carbocycles. The van der Waals surface area contributed by atoms with Crippen molar-refractivity contribution in [3.05, 3.63) is 24.4 Å². The number of rotatable bonds is 2. The molecule has 8 nitrogen and oxygen atoms in total. The van der Waals surface area contributed by atoms with E-state index in [4.69, 9.17) is 0 Å². The average Bonchev–Trinajstić information content (AvgIpc) is 3.42. The molecule has 0 bridgehead atoms. The third-order valence-corrected chi connectivity index (χ3v) is 5.95. The number of carbonyl (C=O) groups is 2. The lowest BCUT2D eigenvalue weighted by molar-refractivity contribution is -0.120. The maximum atomic E-state index is 12.2. The Kier molecular flexibility index (Phi) is 6.10. The van der Waals surface area contributed by atoms with Crippen LogP contribution >= 0.6 is 0 Å². The normalized spacial score (nSPS) is 21.2. The van der Waals surface area contributed by atoms with E-state index in [1.807, 2.05) is 18.3 Å². The highest BCUT2D eigenvalue weighted by atomic mass is 16.2. The van der Waals surface area contributed by atoms with Gasteiger partial charge in [-0.05, 0) is 71.0 Å². The summed E-state index contributed by atoms with van der Waals surface area (Å²) in [6, 6.07) is 5.96. The number of urea groups is 1. The summed E-state index contributed by atoms with van der Waals surface area (Å²) in [7, 11) is 2.14. The molecule has 3 aliphatic rings. The molecular formula is C21H30N6O2. The van der Waals surface area contributed by atoms with Gasteiger partial charge >= 0.3 is 6.03 Å². The molecule has 3 amide bonds. The van der Waals surface area contributed by atoms with Gasteiger partial charge in [-0.3, -0.25) is 19.7 Å². The Bertz CT molecular complexity index is 860. The van der Waals surface area contributed by atoms with Gasteiger partial charge in [-0.15, -0.1) is 0 Å². The summed E-state index contributed by atoms with van der Waals surface area (Å²) in [5, 5.41) is 11.2. The van der Waals surface area contributed by atoms with Crippen molar-refractivity contribution in [1.29, 1.82) is 0 Å². The van der Waals surface area contributed by atoms with Crippen molar-refractivity contribution < 1.29 is 9.59 Å². The van der Waals surface area contributed by atoms with Gasteiger partial charge in [-0.25, -0.2) is 4.79 Å². The van der Waals surface area contributed by atoms with Crippen molar-refractivity contribution in [2.45, 2.75) is 38.1 Å². The number of hydrogen-bond donors (Lipinski definition) is 2. The van der Waals surface area contributed by atoms with Crippen molar-refractivity contribution in [3.63, 3.8) is 0 Å². The zero-order valence-electron chi connectivity index (χ0n) is 17.1. The van der Waals surface area contributed by atoms with E-state index in [0.29, 0.717) is 19.0 Å². The molecule has 2 N–H and O–H groups in total. The van der Waals surface area contributed by atoms with Crippen LogP contribution in [0.3, 0.4) is 0 Å². The first kappa shape index (κ1) is 19.8. The number of imide groups is 1. The summed E-state index contributed by atoms with van der Waals surface area (Å²) in [4.78, 5) is 27.5. The number of benzene rings is 1. The van der Waals surface area contributed by atoms with Crippen LogP contribution in [0.2, 0.25) is 0 Å². The topological polar surface area (TPSA) is 82.5 Å². The fraction of sp³-hybridized carbons (Fsp3) is 0.571. The van der Waals surface area contributed by atoms with Gasteiger partial charge in [0, 0.05) is 18.4 Å². The van der Waals surface area contributed by atoms with E-state index in [2.05, 4.69) is 38.4 Å². The Labute approximate surface area is 171 Å². The molecule has 0 saturated carbocycles. The van der Waals surface area contributed by atoms with Gasteiger partial charge in [0.25, 0.3) is 0 Å². The van der Waals surface area contributed by atoms with Crippen LogP contribution in [0.25, 0.3) is 10.9 Å². The van der Waals surface area contributed by atoms with Crippen LogP contribution in [0.1, 0.15) is 38.1 Å². The molecule has 3 saturated heterocycles. The highest BCUT2D eigenvalue weighted by molar-refractivity contribution is 6.09. The minimum absolute atomic E-state index is 0.217. The summed E-state index contributed by atoms with van der Waals surface area (Å²) in [5.74, 6) is -0.217. The van der Waals surface area contributed by atoms with Gasteiger partial charge in [-0.1, -0.05) is 6.07 Å². The zero-order valence-corrected chi connectivity index (χ0v) is 17.1. The number of nitrogens with zero attached hydrogens (tertiary/aromatic N) is 4. The second-order valence-electron chi connectivity index (χ2n) is 8.05. The number of likely N-dealkylation sites (tertiary alicyclic amines) is 1. The maximum Gasteiger partial charge on any atom is 0.328 e. The molecule has 8 heteroatoms. The molecule has 0 radical (unpaired) electrons. The number of hydrogen-bond acceptors (Lipinski definition) is 5. The van der Waals surface area contributed by atoms with Gasteiger partial charge in [-0.2, -0.15) is 5.10 Å². The molecule has 29 heavy (non-hydrogen) atoms. The quantitative estimate of drug-likeness (QED) is 0.810. The van der Waals surface area contributed by atoms with Gasteiger partial charge in [0.05, 0.1) is 23.4 Å². The predicted molar refractivity (Wildman–Crippen MR) is 113 cm³/mol. The number of piperidine rings is 1. The minimum Gasteiger partial charge on any atom is -0.317 e. The Morgan fingerprint density at radius 3 is 2.48 bits per heavy atom. The second kappa shape index (κ2) is 8.92. The molecule has 2 aromatic rings. The van der Waals surface area contributed by atoms with Gasteiger partial charge in [0.15, 0.2) is 0 Å². The Hall–Kier alpha value is -2.45. The van der Waals surface area contributed by atoms with Crippen molar-refractivity contribution >= 4 is 28.5 Å². The largest absolute Gasteiger partial charge is 0.328 e. The number of carbonyl (C=O) groups excluding carboxylic acids is 2. The number of aromatic nitrogens is 2. The number of amides is 3. The van der Waals surface area contributed by atoms with Gasteiger partial charge in [0.1, 0.15) is 0 Å². The van der Waals surface area contributed by atoms with Crippen molar-refractivity contribution in [1.82, 2.24) is 25.3 Å². The lowest BCUT2D eigenvalue weighted by Gasteiger charge is -2.30. The predicted octanol–water partition coefficient (Wildman–Crippen LogP) is 2.12. The van der Waals surface area contributed by atoms with E-state index in [9.17, 15) is 9.59 Å². The Morgan fingerprint density at radius 1 is 1.07 bits per heavy atom. The highest BCUT2D eigenvalue weighted by Crippen LogP contribution is 2.31. The van der Waals surface area contributed by atoms with E-state index in [-0.39, 0.29) is 11.9 Å². The first-order valence-electron chi connectivity index (χ1n) is 10.6. The first-order chi connectivity index (χ1) is 14.1. The molecule has 0 unspecified atom stereocenters. The molecule has 1 aromatic heterocycles. The summed E-state index contributed by atoms with van der Waals surface area (Å²) >= 11 is 0. The third-order valence-electron chi connectivity index (χ3n) is 5.95. The monoisotopic (exact) mass is 398 g/mol. The summed E-state index contributed by atoms with van der Waals surface area (Å²) in [6.07, 6.45) is 7.10. The zero-order chi connectivity index (χ0) is 20.2. The van der Waals surface area contributed by atoms with E-state index in [1.54, 1.807) is 4.90 Å². The lowest BCUT2D eigenvalue weighted by Crippen LogP contribution is -2.49. The molecule has 0 spiro atoms. The van der Waals surface area contributed by atoms with Crippen LogP contribution in [0, 0.1) is 0 Å². The molecular weight excluding hydrogens is 368 g/mol. The highest BCUT2D eigenvalue weighted by Gasteiger charge is 2.27. The number of nitrogens with one attached hydrogen (secondary N) is 2. The van der Waals surface area contributed by atoms with Crippen LogP contribution in [0.4, 0.5) is 10.5 Å². The minimum atomic E-state index is -0.356. The smallest absolute Gasteiger partial charge is 0.317 e. The Morgan fingerprint density at radius 2 is 1.83 bits per heavy atom. The van der Waals surface area contributed by atoms with E-state index in [1.165, 1.54) is 25.9 Å². The van der Waals surface area contributed by atoms with Crippen LogP contribution in [0.5, 0.6) is 0 Å². The van der Waals surface area contributed by atoms with E-state index in [0.717, 1.165) is 42.5 Å². The van der Waals surface area contributed by atoms with Gasteiger partial charge in [0.2, 0.25) is 5.91 Å². The standard InChI is InChI=1S/C17H21N5O2.C4H9N/c1-20-8-5-12(6-9-20)22-15-4-2-3-14(13(15)11-18-22)21-10-7-16(23)19-17(21)24;1-2-4-5-3-1/h2-4,11-12H,5-10H2,1H3,(H,19,23,24);5H,1-4H2. The lowest BCUT2D eigenvalue weighted by atomic mass is 10.1. The SMILES string of the molecule is C1CCNC1.CN1CCC(n2ncc3c(N4CCC(=O)NC4=O)cccc32)CC1. The van der Waals surface area contributed by atoms with Crippen molar-refractivity contribution in [2.75, 3.05) is 44.7 Å². The van der Waals surface area contributed by atoms with Crippen LogP contribution in [-0.4, -0.2) is 66.4 Å². The number of fused-ring (bicyclic) bond motifs is 1. The van der Waals surface area contributed by atoms with Crippen LogP contribution in [-0.2, 0) is 4.79 Å². The molecule has 3 aliphatic heterocycles. The fourth-order valence-electron chi connectivity index (χ4n) is 4.24. The summed E-state index contributed by atoms with van der Waals surface area (Å²) < 4.78 is 2.10. The molecule has 156 valence electrons. The van der Waals surface area contributed by atoms with E-state index >= 15 is 0 Å². The summed E-state index contributed by atoms with van der Waals surface area (Å²) in [5.41, 5.74) is 1.86. The number of anilines is 1. The maximum absolute atomic E-state index is 12.2. The molecule has 5 rings (SSSR count). The molecule has 0 aliphatic carbocycles. The third kappa shape index (κ3) is 4.43. The van der Waals surface area contributed by atoms with Gasteiger partial charge < -0.3 is 10.2 Å². The Balaban J connectivity index is 0.000000359. The van der Waals surface area contributed by atoms with Crippen LogP contribution in [0.15, 0.2) is 24.4 Å². The van der Waals surface area contributed by atoms with Crippen molar-refractivity contribution in [3.8, 4) is 0 Å². The van der Waals surface area contributed by atoms with E-state index < -0.39 is 0 Å². The van der Waals surface area contributed by atoms with Crippen LogP contribution < -0.4 is 15.5 Å². The fourth-order valence-corrected chi connectivity index (χ4v) is 4.24. The molecule has 3 fully saturated rings. The average molecular weight is 399 g/mol.